The van der Waals surface area contributed by atoms with Gasteiger partial charge in [0.05, 0.1) is 18.5 Å². The van der Waals surface area contributed by atoms with Gasteiger partial charge in [-0.05, 0) is 25.0 Å². The zero-order chi connectivity index (χ0) is 16.4. The van der Waals surface area contributed by atoms with Crippen LogP contribution in [0.1, 0.15) is 32.1 Å². The summed E-state index contributed by atoms with van der Waals surface area (Å²) in [6, 6.07) is 7.06. The maximum atomic E-state index is 12.5. The molecule has 7 heteroatoms. The molecule has 1 saturated carbocycles. The van der Waals surface area contributed by atoms with Crippen LogP contribution in [0, 0.1) is 0 Å². The molecular weight excluding hydrogens is 316 g/mol. The second-order valence-corrected chi connectivity index (χ2v) is 8.12. The summed E-state index contributed by atoms with van der Waals surface area (Å²) in [7, 11) is -3.47. The molecule has 1 fully saturated rings. The lowest BCUT2D eigenvalue weighted by Gasteiger charge is -2.34. The van der Waals surface area contributed by atoms with Crippen molar-refractivity contribution in [3.8, 4) is 5.75 Å². The lowest BCUT2D eigenvalue weighted by Crippen LogP contribution is -2.52. The molecule has 0 radical (unpaired) electrons. The van der Waals surface area contributed by atoms with Crippen molar-refractivity contribution in [1.82, 2.24) is 5.32 Å². The molecule has 6 nitrogen and oxygen atoms in total. The molecule has 23 heavy (non-hydrogen) atoms. The van der Waals surface area contributed by atoms with E-state index in [1.807, 2.05) is 0 Å². The number of para-hydroxylation sites is 2. The minimum atomic E-state index is -3.47. The van der Waals surface area contributed by atoms with Crippen LogP contribution in [0.4, 0.5) is 5.69 Å². The van der Waals surface area contributed by atoms with Crippen LogP contribution < -0.4 is 14.4 Å². The molecule has 1 aliphatic heterocycles. The first kappa shape index (κ1) is 16.1. The molecule has 1 aromatic carbocycles. The fourth-order valence-corrected chi connectivity index (χ4v) is 4.11. The van der Waals surface area contributed by atoms with Gasteiger partial charge in [0.25, 0.3) is 5.91 Å². The number of nitrogens with one attached hydrogen (secondary N) is 1. The number of sulfonamides is 1. The Kier molecular flexibility index (Phi) is 4.48. The predicted octanol–water partition coefficient (Wildman–Crippen LogP) is 1.66. The number of carbonyl (C=O) groups excluding carboxylic acids is 1. The minimum absolute atomic E-state index is 0.00833. The maximum absolute atomic E-state index is 12.5. The fourth-order valence-electron chi connectivity index (χ4n) is 3.19. The highest BCUT2D eigenvalue weighted by Gasteiger charge is 2.35. The van der Waals surface area contributed by atoms with Gasteiger partial charge in [-0.15, -0.1) is 0 Å². The van der Waals surface area contributed by atoms with E-state index in [-0.39, 0.29) is 18.5 Å². The van der Waals surface area contributed by atoms with Crippen molar-refractivity contribution in [3.05, 3.63) is 24.3 Å². The number of anilines is 1. The number of rotatable bonds is 3. The third kappa shape index (κ3) is 3.60. The highest BCUT2D eigenvalue weighted by molar-refractivity contribution is 7.92. The standard InChI is InChI=1S/C16H22N2O4S/c1-23(20,21)18-11-15(22-14-10-6-5-9-13(14)18)16(19)17-12-7-3-2-4-8-12/h5-6,9-10,12,15H,2-4,7-8,11H2,1H3,(H,17,19)/t15-/m0/s1. The second-order valence-electron chi connectivity index (χ2n) is 6.21. The van der Waals surface area contributed by atoms with Crippen molar-refractivity contribution < 1.29 is 17.9 Å². The Morgan fingerprint density at radius 3 is 2.61 bits per heavy atom. The van der Waals surface area contributed by atoms with Crippen molar-refractivity contribution in [2.75, 3.05) is 17.1 Å². The third-order valence-corrected chi connectivity index (χ3v) is 5.53. The number of ether oxygens (including phenoxy) is 1. The molecule has 1 atom stereocenters. The predicted molar refractivity (Wildman–Crippen MR) is 88.1 cm³/mol. The Labute approximate surface area is 136 Å². The summed E-state index contributed by atoms with van der Waals surface area (Å²) in [6.07, 6.45) is 5.73. The van der Waals surface area contributed by atoms with Crippen LogP contribution >= 0.6 is 0 Å². The van der Waals surface area contributed by atoms with Crippen LogP contribution in [0.2, 0.25) is 0 Å². The molecule has 1 aromatic rings. The van der Waals surface area contributed by atoms with Crippen LogP contribution in [-0.4, -0.2) is 39.3 Å². The van der Waals surface area contributed by atoms with Crippen molar-refractivity contribution in [2.24, 2.45) is 0 Å². The summed E-state index contributed by atoms with van der Waals surface area (Å²) in [5.74, 6) is 0.188. The molecule has 0 aromatic heterocycles. The van der Waals surface area contributed by atoms with Gasteiger partial charge < -0.3 is 10.1 Å². The molecule has 1 aliphatic carbocycles. The van der Waals surface area contributed by atoms with E-state index in [2.05, 4.69) is 5.32 Å². The second kappa shape index (κ2) is 6.39. The highest BCUT2D eigenvalue weighted by atomic mass is 32.2. The van der Waals surface area contributed by atoms with Gasteiger partial charge in [0, 0.05) is 6.04 Å². The van der Waals surface area contributed by atoms with Crippen LogP contribution in [0.3, 0.4) is 0 Å². The van der Waals surface area contributed by atoms with E-state index in [1.54, 1.807) is 24.3 Å². The van der Waals surface area contributed by atoms with Gasteiger partial charge >= 0.3 is 0 Å². The van der Waals surface area contributed by atoms with E-state index in [0.29, 0.717) is 11.4 Å². The van der Waals surface area contributed by atoms with Crippen LogP contribution in [0.25, 0.3) is 0 Å². The number of amides is 1. The molecule has 0 saturated heterocycles. The summed E-state index contributed by atoms with van der Waals surface area (Å²) in [5, 5.41) is 3.01. The average Bonchev–Trinajstić information content (AvgIpc) is 2.54. The zero-order valence-corrected chi connectivity index (χ0v) is 14.0. The van der Waals surface area contributed by atoms with E-state index in [1.165, 1.54) is 10.7 Å². The number of benzene rings is 1. The molecule has 1 amide bonds. The molecule has 2 aliphatic rings. The van der Waals surface area contributed by atoms with Crippen molar-refractivity contribution in [2.45, 2.75) is 44.2 Å². The lowest BCUT2D eigenvalue weighted by molar-refractivity contribution is -0.128. The fraction of sp³-hybridized carbons (Fsp3) is 0.562. The minimum Gasteiger partial charge on any atom is -0.476 e. The molecular formula is C16H22N2O4S. The summed E-state index contributed by atoms with van der Waals surface area (Å²) in [4.78, 5) is 12.5. The topological polar surface area (TPSA) is 75.7 Å². The quantitative estimate of drug-likeness (QED) is 0.909. The van der Waals surface area contributed by atoms with Crippen LogP contribution in [0.5, 0.6) is 5.75 Å². The largest absolute Gasteiger partial charge is 0.476 e. The number of carbonyl (C=O) groups is 1. The third-order valence-electron chi connectivity index (χ3n) is 4.38. The number of nitrogens with zero attached hydrogens (tertiary/aromatic N) is 1. The molecule has 0 bridgehead atoms. The van der Waals surface area contributed by atoms with Gasteiger partial charge in [0.1, 0.15) is 5.75 Å². The number of hydrogen-bond donors (Lipinski definition) is 1. The van der Waals surface area contributed by atoms with E-state index >= 15 is 0 Å². The van der Waals surface area contributed by atoms with Crippen LogP contribution in [0.15, 0.2) is 24.3 Å². The molecule has 1 heterocycles. The first-order valence-electron chi connectivity index (χ1n) is 7.99. The van der Waals surface area contributed by atoms with Gasteiger partial charge in [0.2, 0.25) is 10.0 Å². The SMILES string of the molecule is CS(=O)(=O)N1C[C@@H](C(=O)NC2CCCCC2)Oc2ccccc21. The van der Waals surface area contributed by atoms with Gasteiger partial charge in [-0.25, -0.2) is 8.42 Å². The summed E-state index contributed by atoms with van der Waals surface area (Å²) in [6.45, 7) is 0.00833. The Morgan fingerprint density at radius 2 is 1.91 bits per heavy atom. The van der Waals surface area contributed by atoms with Gasteiger partial charge in [0.15, 0.2) is 6.10 Å². The van der Waals surface area contributed by atoms with Gasteiger partial charge in [-0.1, -0.05) is 31.4 Å². The van der Waals surface area contributed by atoms with Crippen molar-refractivity contribution in [1.29, 1.82) is 0 Å². The first-order valence-corrected chi connectivity index (χ1v) is 9.84. The molecule has 0 unspecified atom stereocenters. The summed E-state index contributed by atoms with van der Waals surface area (Å²) >= 11 is 0. The number of hydrogen-bond acceptors (Lipinski definition) is 4. The lowest BCUT2D eigenvalue weighted by atomic mass is 9.95. The molecule has 126 valence electrons. The Bertz CT molecular complexity index is 683. The molecule has 1 N–H and O–H groups in total. The maximum Gasteiger partial charge on any atom is 0.263 e. The molecule has 0 spiro atoms. The normalized spacial score (nSPS) is 22.1. The van der Waals surface area contributed by atoms with Crippen molar-refractivity contribution in [3.63, 3.8) is 0 Å². The van der Waals surface area contributed by atoms with E-state index in [0.717, 1.165) is 31.9 Å². The van der Waals surface area contributed by atoms with E-state index in [9.17, 15) is 13.2 Å². The highest BCUT2D eigenvalue weighted by Crippen LogP contribution is 2.34. The van der Waals surface area contributed by atoms with Crippen LogP contribution in [-0.2, 0) is 14.8 Å². The average molecular weight is 338 g/mol. The van der Waals surface area contributed by atoms with E-state index in [4.69, 9.17) is 4.74 Å². The van der Waals surface area contributed by atoms with Gasteiger partial charge in [-0.2, -0.15) is 0 Å². The van der Waals surface area contributed by atoms with Crippen molar-refractivity contribution >= 4 is 21.6 Å². The zero-order valence-electron chi connectivity index (χ0n) is 13.2. The summed E-state index contributed by atoms with van der Waals surface area (Å²) < 4.78 is 31.1. The monoisotopic (exact) mass is 338 g/mol. The van der Waals surface area contributed by atoms with E-state index < -0.39 is 16.1 Å². The molecule has 3 rings (SSSR count). The Hall–Kier alpha value is -1.76. The summed E-state index contributed by atoms with van der Waals surface area (Å²) in [5.41, 5.74) is 0.483. The smallest absolute Gasteiger partial charge is 0.263 e. The van der Waals surface area contributed by atoms with Gasteiger partial charge in [-0.3, -0.25) is 9.10 Å². The Balaban J connectivity index is 1.78. The Morgan fingerprint density at radius 1 is 1.22 bits per heavy atom. The number of fused-ring (bicyclic) bond motifs is 1. The first-order chi connectivity index (χ1) is 10.9.